The number of rotatable bonds is 0. The van der Waals surface area contributed by atoms with E-state index in [1.807, 2.05) is 54.6 Å². The zero-order valence-electron chi connectivity index (χ0n) is 16.4. The molecule has 4 aromatic rings. The molecule has 4 rings (SSSR count). The summed E-state index contributed by atoms with van der Waals surface area (Å²) in [6.45, 7) is 0. The topological polar surface area (TPSA) is 63.5 Å². The van der Waals surface area contributed by atoms with E-state index in [2.05, 4.69) is 0 Å². The van der Waals surface area contributed by atoms with Gasteiger partial charge in [-0.05, 0) is 24.3 Å². The maximum Gasteiger partial charge on any atom is 1.00 e. The van der Waals surface area contributed by atoms with Crippen molar-refractivity contribution in [2.24, 2.45) is 0 Å². The molecule has 146 valence electrons. The maximum atomic E-state index is 10.3. The molecule has 0 saturated carbocycles. The summed E-state index contributed by atoms with van der Waals surface area (Å²) in [6, 6.07) is 37.8. The molecule has 2 N–H and O–H groups in total. The molecule has 0 aliphatic carbocycles. The second-order valence-corrected chi connectivity index (χ2v) is 5.14. The van der Waals surface area contributed by atoms with Crippen LogP contribution < -0.4 is 34.7 Å². The van der Waals surface area contributed by atoms with Gasteiger partial charge in [0.1, 0.15) is 11.5 Å². The first-order valence-electron chi connectivity index (χ1n) is 8.38. The second-order valence-electron chi connectivity index (χ2n) is 5.14. The van der Waals surface area contributed by atoms with Crippen molar-refractivity contribution in [2.45, 2.75) is 0 Å². The Morgan fingerprint density at radius 3 is 0.759 bits per heavy atom. The van der Waals surface area contributed by atoms with Crippen molar-refractivity contribution in [3.05, 3.63) is 127 Å². The fraction of sp³-hybridized carbons (Fsp3) is 0. The molecule has 0 heterocycles. The normalized spacial score (nSPS) is 7.86. The van der Waals surface area contributed by atoms with E-state index in [-0.39, 0.29) is 48.8 Å². The SMILES string of the molecule is Oc1ccccc1.Oc1ccccc1.S.[Na+].[O-]c1ccccc1.c1ccccc1. The molecule has 0 atom stereocenters. The van der Waals surface area contributed by atoms with Gasteiger partial charge in [0.2, 0.25) is 0 Å². The van der Waals surface area contributed by atoms with Crippen molar-refractivity contribution in [1.29, 1.82) is 0 Å². The van der Waals surface area contributed by atoms with Crippen LogP contribution in [0.1, 0.15) is 0 Å². The van der Waals surface area contributed by atoms with Crippen LogP contribution in [0.5, 0.6) is 17.2 Å². The van der Waals surface area contributed by atoms with Gasteiger partial charge in [-0.3, -0.25) is 0 Å². The first-order chi connectivity index (χ1) is 13.2. The molecule has 0 saturated heterocycles. The van der Waals surface area contributed by atoms with Gasteiger partial charge in [-0.1, -0.05) is 103 Å². The molecule has 3 nitrogen and oxygen atoms in total. The van der Waals surface area contributed by atoms with E-state index in [4.69, 9.17) is 10.2 Å². The summed E-state index contributed by atoms with van der Waals surface area (Å²) in [5, 5.41) is 27.5. The van der Waals surface area contributed by atoms with Gasteiger partial charge in [-0.15, -0.1) is 5.75 Å². The van der Waals surface area contributed by atoms with E-state index in [0.717, 1.165) is 0 Å². The number of hydrogen-bond donors (Lipinski definition) is 2. The molecule has 0 unspecified atom stereocenters. The molecule has 0 radical (unpaired) electrons. The number of hydrogen-bond acceptors (Lipinski definition) is 3. The predicted molar refractivity (Wildman–Crippen MR) is 119 cm³/mol. The molecule has 0 amide bonds. The third-order valence-electron chi connectivity index (χ3n) is 2.92. The van der Waals surface area contributed by atoms with Gasteiger partial charge in [0.25, 0.3) is 0 Å². The maximum absolute atomic E-state index is 10.3. The van der Waals surface area contributed by atoms with Crippen LogP contribution in [0.3, 0.4) is 0 Å². The fourth-order valence-electron chi connectivity index (χ4n) is 1.66. The van der Waals surface area contributed by atoms with E-state index < -0.39 is 0 Å². The molecule has 5 heteroatoms. The third-order valence-corrected chi connectivity index (χ3v) is 2.92. The average Bonchev–Trinajstić information content (AvgIpc) is 2.73. The first kappa shape index (κ1) is 28.8. The molecule has 0 aromatic heterocycles. The fourth-order valence-corrected chi connectivity index (χ4v) is 1.66. The van der Waals surface area contributed by atoms with Gasteiger partial charge >= 0.3 is 29.6 Å². The Bertz CT molecular complexity index is 686. The molecule has 4 aromatic carbocycles. The van der Waals surface area contributed by atoms with Crippen molar-refractivity contribution in [3.63, 3.8) is 0 Å². The Morgan fingerprint density at radius 1 is 0.414 bits per heavy atom. The van der Waals surface area contributed by atoms with Gasteiger partial charge < -0.3 is 15.3 Å². The number of phenolic OH excluding ortho intramolecular Hbond substituents is 2. The summed E-state index contributed by atoms with van der Waals surface area (Å²) < 4.78 is 0. The zero-order valence-corrected chi connectivity index (χ0v) is 19.4. The first-order valence-corrected chi connectivity index (χ1v) is 8.38. The van der Waals surface area contributed by atoms with Gasteiger partial charge in [-0.2, -0.15) is 13.5 Å². The predicted octanol–water partition coefficient (Wildman–Crippen LogP) is 2.35. The molecule has 0 bridgehead atoms. The minimum Gasteiger partial charge on any atom is -0.872 e. The Labute approximate surface area is 202 Å². The van der Waals surface area contributed by atoms with E-state index in [1.54, 1.807) is 60.7 Å². The molecular formula is C24H25NaO3S. The Hall–Kier alpha value is -2.37. The molecule has 0 spiro atoms. The summed E-state index contributed by atoms with van der Waals surface area (Å²) in [4.78, 5) is 0. The Kier molecular flexibility index (Phi) is 20.3. The van der Waals surface area contributed by atoms with Crippen LogP contribution in [0.15, 0.2) is 127 Å². The second kappa shape index (κ2) is 20.4. The van der Waals surface area contributed by atoms with Gasteiger partial charge in [0, 0.05) is 0 Å². The molecular weight excluding hydrogens is 391 g/mol. The van der Waals surface area contributed by atoms with Crippen molar-refractivity contribution in [3.8, 4) is 17.2 Å². The van der Waals surface area contributed by atoms with E-state index in [0.29, 0.717) is 11.5 Å². The standard InChI is InChI=1S/3C6H6O.C6H6.Na.H2S/c3*7-6-4-2-1-3-5-6;1-2-4-6-5-3-1;;/h3*1-5,7H;1-6H;;1H2/q;;;;+1;/p-1. The van der Waals surface area contributed by atoms with Crippen molar-refractivity contribution in [1.82, 2.24) is 0 Å². The number of benzene rings is 4. The van der Waals surface area contributed by atoms with Crippen molar-refractivity contribution < 1.29 is 44.9 Å². The summed E-state index contributed by atoms with van der Waals surface area (Å²) >= 11 is 0. The van der Waals surface area contributed by atoms with E-state index >= 15 is 0 Å². The van der Waals surface area contributed by atoms with E-state index in [1.165, 1.54) is 12.1 Å². The molecule has 0 fully saturated rings. The van der Waals surface area contributed by atoms with Gasteiger partial charge in [0.05, 0.1) is 0 Å². The largest absolute Gasteiger partial charge is 1.00 e. The molecule has 0 aliphatic heterocycles. The minimum atomic E-state index is 0. The monoisotopic (exact) mass is 416 g/mol. The van der Waals surface area contributed by atoms with E-state index in [9.17, 15) is 5.11 Å². The number of aromatic hydroxyl groups is 2. The summed E-state index contributed by atoms with van der Waals surface area (Å²) in [6.07, 6.45) is 0. The van der Waals surface area contributed by atoms with Crippen LogP contribution in [0.2, 0.25) is 0 Å². The van der Waals surface area contributed by atoms with Crippen LogP contribution in [0.25, 0.3) is 0 Å². The van der Waals surface area contributed by atoms with Crippen molar-refractivity contribution >= 4 is 13.5 Å². The summed E-state index contributed by atoms with van der Waals surface area (Å²) in [5.41, 5.74) is 0. The van der Waals surface area contributed by atoms with Crippen LogP contribution >= 0.6 is 13.5 Å². The van der Waals surface area contributed by atoms with Gasteiger partial charge in [0.15, 0.2) is 0 Å². The van der Waals surface area contributed by atoms with Crippen LogP contribution in [-0.2, 0) is 0 Å². The minimum absolute atomic E-state index is 0. The van der Waals surface area contributed by atoms with Crippen LogP contribution in [0.4, 0.5) is 0 Å². The quantitative estimate of drug-likeness (QED) is 0.433. The Balaban J connectivity index is 0. The molecule has 29 heavy (non-hydrogen) atoms. The van der Waals surface area contributed by atoms with Gasteiger partial charge in [-0.25, -0.2) is 0 Å². The van der Waals surface area contributed by atoms with Crippen LogP contribution in [-0.4, -0.2) is 10.2 Å². The zero-order chi connectivity index (χ0) is 19.6. The summed E-state index contributed by atoms with van der Waals surface area (Å²) in [7, 11) is 0. The molecule has 0 aliphatic rings. The Morgan fingerprint density at radius 2 is 0.621 bits per heavy atom. The average molecular weight is 417 g/mol. The summed E-state index contributed by atoms with van der Waals surface area (Å²) in [5.74, 6) is 0.715. The smallest absolute Gasteiger partial charge is 0.872 e. The van der Waals surface area contributed by atoms with Crippen LogP contribution in [0, 0.1) is 0 Å². The number of phenols is 2. The third kappa shape index (κ3) is 18.7. The number of para-hydroxylation sites is 3. The van der Waals surface area contributed by atoms with Crippen molar-refractivity contribution in [2.75, 3.05) is 0 Å².